The summed E-state index contributed by atoms with van der Waals surface area (Å²) >= 11 is 6.01. The average molecular weight is 600 g/mol. The van der Waals surface area contributed by atoms with E-state index in [1.165, 1.54) is 29.2 Å². The number of aryl methyl sites for hydroxylation is 1. The molecular weight excluding hydrogens is 562 g/mol. The molecule has 0 aliphatic rings. The van der Waals surface area contributed by atoms with Crippen molar-refractivity contribution in [1.29, 1.82) is 0 Å². The summed E-state index contributed by atoms with van der Waals surface area (Å²) in [5.74, 6) is -0.234. The zero-order valence-corrected chi connectivity index (χ0v) is 25.7. The Morgan fingerprint density at radius 1 is 0.927 bits per heavy atom. The molecule has 220 valence electrons. The predicted octanol–water partition coefficient (Wildman–Crippen LogP) is 5.57. The van der Waals surface area contributed by atoms with E-state index < -0.39 is 28.5 Å². The molecule has 0 fully saturated rings. The lowest BCUT2D eigenvalue weighted by Crippen LogP contribution is -2.53. The second kappa shape index (κ2) is 14.4. The summed E-state index contributed by atoms with van der Waals surface area (Å²) in [6.45, 7) is 9.42. The minimum absolute atomic E-state index is 0.0155. The van der Waals surface area contributed by atoms with Crippen LogP contribution in [0, 0.1) is 6.92 Å². The van der Waals surface area contributed by atoms with Crippen molar-refractivity contribution in [2.45, 2.75) is 64.6 Å². The van der Waals surface area contributed by atoms with E-state index in [2.05, 4.69) is 5.32 Å². The van der Waals surface area contributed by atoms with E-state index in [-0.39, 0.29) is 29.1 Å². The molecule has 3 rings (SSSR count). The topological polar surface area (TPSA) is 96.0 Å². The Morgan fingerprint density at radius 2 is 1.54 bits per heavy atom. The number of ether oxygens (including phenoxy) is 1. The Balaban J connectivity index is 2.06. The van der Waals surface area contributed by atoms with Crippen LogP contribution >= 0.6 is 11.6 Å². The molecule has 41 heavy (non-hydrogen) atoms. The quantitative estimate of drug-likeness (QED) is 0.277. The van der Waals surface area contributed by atoms with Crippen LogP contribution in [0.1, 0.15) is 45.2 Å². The molecule has 0 aromatic heterocycles. The summed E-state index contributed by atoms with van der Waals surface area (Å²) in [6, 6.07) is 19.0. The predicted molar refractivity (Wildman–Crippen MR) is 163 cm³/mol. The van der Waals surface area contributed by atoms with Gasteiger partial charge in [-0.1, -0.05) is 48.4 Å². The summed E-state index contributed by atoms with van der Waals surface area (Å²) in [5, 5.41) is 3.29. The van der Waals surface area contributed by atoms with Gasteiger partial charge in [0.2, 0.25) is 11.8 Å². The van der Waals surface area contributed by atoms with Gasteiger partial charge in [0.05, 0.1) is 17.2 Å². The zero-order valence-electron chi connectivity index (χ0n) is 24.1. The summed E-state index contributed by atoms with van der Waals surface area (Å²) in [7, 11) is -4.19. The van der Waals surface area contributed by atoms with E-state index >= 15 is 0 Å². The van der Waals surface area contributed by atoms with Crippen LogP contribution in [0.2, 0.25) is 5.02 Å². The molecule has 1 atom stereocenters. The second-order valence-electron chi connectivity index (χ2n) is 9.99. The van der Waals surface area contributed by atoms with Crippen LogP contribution in [0.3, 0.4) is 0 Å². The molecule has 0 saturated heterocycles. The SMILES string of the molecule is CCOc1ccc(N(CC(=O)N(Cc2ccc(C)cc2)[C@@H](CC)C(=O)NC(C)C)S(=O)(=O)c2ccc(Cl)cc2)cc1. The summed E-state index contributed by atoms with van der Waals surface area (Å²) < 4.78 is 34.4. The fraction of sp³-hybridized carbons (Fsp3) is 0.355. The second-order valence-corrected chi connectivity index (χ2v) is 12.3. The fourth-order valence-corrected chi connectivity index (χ4v) is 5.87. The van der Waals surface area contributed by atoms with Gasteiger partial charge in [-0.15, -0.1) is 0 Å². The van der Waals surface area contributed by atoms with E-state index in [1.807, 2.05) is 58.9 Å². The highest BCUT2D eigenvalue weighted by Crippen LogP contribution is 2.27. The maximum atomic E-state index is 14.1. The number of carbonyl (C=O) groups excluding carboxylic acids is 2. The molecule has 0 radical (unpaired) electrons. The third-order valence-corrected chi connectivity index (χ3v) is 8.45. The van der Waals surface area contributed by atoms with Crippen molar-refractivity contribution in [2.75, 3.05) is 17.5 Å². The Bertz CT molecular complexity index is 1410. The van der Waals surface area contributed by atoms with E-state index in [9.17, 15) is 18.0 Å². The van der Waals surface area contributed by atoms with E-state index in [0.717, 1.165) is 15.4 Å². The number of benzene rings is 3. The highest BCUT2D eigenvalue weighted by molar-refractivity contribution is 7.92. The van der Waals surface area contributed by atoms with Crippen molar-refractivity contribution in [3.05, 3.63) is 88.9 Å². The van der Waals surface area contributed by atoms with Crippen LogP contribution in [-0.4, -0.2) is 50.4 Å². The van der Waals surface area contributed by atoms with Crippen molar-refractivity contribution in [1.82, 2.24) is 10.2 Å². The molecular formula is C31H38ClN3O5S. The molecule has 3 aromatic carbocycles. The van der Waals surface area contributed by atoms with Crippen molar-refractivity contribution in [3.8, 4) is 5.75 Å². The van der Waals surface area contributed by atoms with Crippen LogP contribution in [0.25, 0.3) is 0 Å². The lowest BCUT2D eigenvalue weighted by Gasteiger charge is -2.33. The van der Waals surface area contributed by atoms with Gasteiger partial charge in [-0.25, -0.2) is 8.42 Å². The number of nitrogens with zero attached hydrogens (tertiary/aromatic N) is 2. The number of anilines is 1. The van der Waals surface area contributed by atoms with Crippen molar-refractivity contribution >= 4 is 39.1 Å². The van der Waals surface area contributed by atoms with Gasteiger partial charge in [-0.3, -0.25) is 13.9 Å². The van der Waals surface area contributed by atoms with Crippen LogP contribution in [0.5, 0.6) is 5.75 Å². The number of carbonyl (C=O) groups is 2. The molecule has 1 N–H and O–H groups in total. The van der Waals surface area contributed by atoms with E-state index in [1.54, 1.807) is 24.3 Å². The molecule has 2 amide bonds. The summed E-state index contributed by atoms with van der Waals surface area (Å²) in [5.41, 5.74) is 2.17. The zero-order chi connectivity index (χ0) is 30.2. The highest BCUT2D eigenvalue weighted by atomic mass is 35.5. The maximum Gasteiger partial charge on any atom is 0.264 e. The third-order valence-electron chi connectivity index (χ3n) is 6.41. The first-order valence-electron chi connectivity index (χ1n) is 13.6. The number of sulfonamides is 1. The standard InChI is InChI=1S/C31H38ClN3O5S/c1-6-29(31(37)33-22(3)4)34(20-24-10-8-23(5)9-11-24)30(36)21-35(26-14-16-27(17-15-26)40-7-2)41(38,39)28-18-12-25(32)13-19-28/h8-19,22,29H,6-7,20-21H2,1-5H3,(H,33,37)/t29-/m0/s1. The first-order chi connectivity index (χ1) is 19.5. The molecule has 0 heterocycles. The smallest absolute Gasteiger partial charge is 0.264 e. The molecule has 10 heteroatoms. The van der Waals surface area contributed by atoms with Gasteiger partial charge in [0.25, 0.3) is 10.0 Å². The maximum absolute atomic E-state index is 14.1. The van der Waals surface area contributed by atoms with Crippen molar-refractivity contribution in [2.24, 2.45) is 0 Å². The van der Waals surface area contributed by atoms with Gasteiger partial charge in [-0.2, -0.15) is 0 Å². The Hall–Kier alpha value is -3.56. The van der Waals surface area contributed by atoms with E-state index in [4.69, 9.17) is 16.3 Å². The van der Waals surface area contributed by atoms with Crippen LogP contribution < -0.4 is 14.4 Å². The van der Waals surface area contributed by atoms with Crippen LogP contribution in [-0.2, 0) is 26.2 Å². The molecule has 0 unspecified atom stereocenters. The van der Waals surface area contributed by atoms with Crippen LogP contribution in [0.4, 0.5) is 5.69 Å². The van der Waals surface area contributed by atoms with Gasteiger partial charge >= 0.3 is 0 Å². The normalized spacial score (nSPS) is 12.1. The average Bonchev–Trinajstić information content (AvgIpc) is 2.93. The monoisotopic (exact) mass is 599 g/mol. The highest BCUT2D eigenvalue weighted by Gasteiger charge is 2.33. The Labute approximate surface area is 248 Å². The van der Waals surface area contributed by atoms with Gasteiger partial charge in [0.1, 0.15) is 18.3 Å². The third kappa shape index (κ3) is 8.47. The summed E-state index contributed by atoms with van der Waals surface area (Å²) in [6.07, 6.45) is 0.350. The number of nitrogens with one attached hydrogen (secondary N) is 1. The van der Waals surface area contributed by atoms with Crippen molar-refractivity contribution in [3.63, 3.8) is 0 Å². The summed E-state index contributed by atoms with van der Waals surface area (Å²) in [4.78, 5) is 28.7. The largest absolute Gasteiger partial charge is 0.494 e. The molecule has 3 aromatic rings. The number of amides is 2. The van der Waals surface area contributed by atoms with Gasteiger partial charge in [0.15, 0.2) is 0 Å². The molecule has 0 aliphatic heterocycles. The Morgan fingerprint density at radius 3 is 2.07 bits per heavy atom. The van der Waals surface area contributed by atoms with E-state index in [0.29, 0.717) is 23.8 Å². The van der Waals surface area contributed by atoms with Crippen molar-refractivity contribution < 1.29 is 22.7 Å². The lowest BCUT2D eigenvalue weighted by atomic mass is 10.1. The lowest BCUT2D eigenvalue weighted by molar-refractivity contribution is -0.140. The molecule has 8 nitrogen and oxygen atoms in total. The fourth-order valence-electron chi connectivity index (χ4n) is 4.33. The van der Waals surface area contributed by atoms with Crippen LogP contribution in [0.15, 0.2) is 77.7 Å². The molecule has 0 spiro atoms. The molecule has 0 aliphatic carbocycles. The number of hydrogen-bond donors (Lipinski definition) is 1. The number of halogens is 1. The van der Waals surface area contributed by atoms with Gasteiger partial charge < -0.3 is 15.0 Å². The first kappa shape index (κ1) is 32.0. The number of hydrogen-bond acceptors (Lipinski definition) is 5. The van der Waals surface area contributed by atoms with Gasteiger partial charge in [0, 0.05) is 17.6 Å². The first-order valence-corrected chi connectivity index (χ1v) is 15.4. The molecule has 0 bridgehead atoms. The molecule has 0 saturated carbocycles. The Kier molecular flexibility index (Phi) is 11.2. The van der Waals surface area contributed by atoms with Gasteiger partial charge in [-0.05, 0) is 88.2 Å². The minimum Gasteiger partial charge on any atom is -0.494 e. The number of rotatable bonds is 13. The minimum atomic E-state index is -4.19.